The van der Waals surface area contributed by atoms with Crippen LogP contribution in [0.2, 0.25) is 0 Å². The van der Waals surface area contributed by atoms with Crippen LogP contribution in [0.5, 0.6) is 0 Å². The highest BCUT2D eigenvalue weighted by Crippen LogP contribution is 2.36. The first-order valence-corrected chi connectivity index (χ1v) is 5.97. The summed E-state index contributed by atoms with van der Waals surface area (Å²) >= 11 is 3.25. The Morgan fingerprint density at radius 3 is 2.58 bits per heavy atom. The van der Waals surface area contributed by atoms with Gasteiger partial charge in [-0.25, -0.2) is 0 Å². The van der Waals surface area contributed by atoms with Gasteiger partial charge in [0, 0.05) is 10.0 Å². The van der Waals surface area contributed by atoms with E-state index in [-0.39, 0.29) is 5.82 Å². The van der Waals surface area contributed by atoms with Gasteiger partial charge in [0.1, 0.15) is 0 Å². The number of nitrogens with zero attached hydrogens (tertiary/aromatic N) is 2. The van der Waals surface area contributed by atoms with E-state index in [0.717, 1.165) is 11.4 Å². The van der Waals surface area contributed by atoms with E-state index < -0.39 is 17.6 Å². The Balaban J connectivity index is 2.40. The van der Waals surface area contributed by atoms with Gasteiger partial charge in [-0.05, 0) is 19.1 Å². The highest BCUT2D eigenvalue weighted by molar-refractivity contribution is 9.10. The predicted molar refractivity (Wildman–Crippen MR) is 65.0 cm³/mol. The quantitative estimate of drug-likeness (QED) is 0.914. The minimum atomic E-state index is -4.67. The smallest absolute Gasteiger partial charge is 0.337 e. The molecule has 0 spiro atoms. The van der Waals surface area contributed by atoms with Crippen molar-refractivity contribution in [2.75, 3.05) is 0 Å². The monoisotopic (exact) mass is 335 g/mol. The third-order valence-corrected chi connectivity index (χ3v) is 3.04. The van der Waals surface area contributed by atoms with Crippen molar-refractivity contribution in [2.45, 2.75) is 18.6 Å². The van der Waals surface area contributed by atoms with E-state index in [1.54, 1.807) is 24.3 Å². The van der Waals surface area contributed by atoms with Crippen molar-refractivity contribution in [2.24, 2.45) is 5.73 Å². The van der Waals surface area contributed by atoms with E-state index in [1.165, 1.54) is 0 Å². The standard InChI is InChI=1S/C11H9BrF3N3O/c1-10(16,11(13,14)15)9-17-8(18-19-9)6-3-2-4-7(12)5-6/h2-5H,16H2,1H3. The summed E-state index contributed by atoms with van der Waals surface area (Å²) in [5.74, 6) is -0.618. The van der Waals surface area contributed by atoms with Gasteiger partial charge >= 0.3 is 6.18 Å². The van der Waals surface area contributed by atoms with Crippen LogP contribution in [0.15, 0.2) is 33.3 Å². The number of halogens is 4. The zero-order chi connectivity index (χ0) is 14.3. The van der Waals surface area contributed by atoms with Crippen molar-refractivity contribution in [3.8, 4) is 11.4 Å². The lowest BCUT2D eigenvalue weighted by Gasteiger charge is -2.22. The summed E-state index contributed by atoms with van der Waals surface area (Å²) in [6, 6.07) is 6.80. The highest BCUT2D eigenvalue weighted by Gasteiger charge is 2.53. The summed E-state index contributed by atoms with van der Waals surface area (Å²) in [5, 5.41) is 3.52. The van der Waals surface area contributed by atoms with Crippen molar-refractivity contribution in [3.05, 3.63) is 34.6 Å². The van der Waals surface area contributed by atoms with Crippen LogP contribution < -0.4 is 5.73 Å². The van der Waals surface area contributed by atoms with Crippen LogP contribution >= 0.6 is 15.9 Å². The number of benzene rings is 1. The number of nitrogens with two attached hydrogens (primary N) is 1. The van der Waals surface area contributed by atoms with Gasteiger partial charge in [-0.2, -0.15) is 18.2 Å². The number of rotatable bonds is 2. The third-order valence-electron chi connectivity index (χ3n) is 2.54. The van der Waals surface area contributed by atoms with Gasteiger partial charge < -0.3 is 10.3 Å². The van der Waals surface area contributed by atoms with Crippen LogP contribution in [-0.4, -0.2) is 16.3 Å². The maximum atomic E-state index is 12.7. The van der Waals surface area contributed by atoms with Crippen molar-refractivity contribution >= 4 is 15.9 Å². The highest BCUT2D eigenvalue weighted by atomic mass is 79.9. The number of hydrogen-bond donors (Lipinski definition) is 1. The van der Waals surface area contributed by atoms with Crippen LogP contribution in [0.1, 0.15) is 12.8 Å². The zero-order valence-electron chi connectivity index (χ0n) is 9.70. The van der Waals surface area contributed by atoms with Crippen molar-refractivity contribution in [1.82, 2.24) is 10.1 Å². The van der Waals surface area contributed by atoms with E-state index in [4.69, 9.17) is 5.73 Å². The lowest BCUT2D eigenvalue weighted by atomic mass is 10.0. The van der Waals surface area contributed by atoms with Crippen LogP contribution in [-0.2, 0) is 5.54 Å². The second kappa shape index (κ2) is 4.61. The number of hydrogen-bond acceptors (Lipinski definition) is 4. The molecule has 0 saturated heterocycles. The van der Waals surface area contributed by atoms with Gasteiger partial charge in [0.05, 0.1) is 0 Å². The Labute approximate surface area is 114 Å². The van der Waals surface area contributed by atoms with Gasteiger partial charge in [0.2, 0.25) is 5.82 Å². The first-order chi connectivity index (χ1) is 8.72. The summed E-state index contributed by atoms with van der Waals surface area (Å²) in [7, 11) is 0. The van der Waals surface area contributed by atoms with E-state index >= 15 is 0 Å². The molecule has 0 aliphatic carbocycles. The second-order valence-electron chi connectivity index (χ2n) is 4.13. The summed E-state index contributed by atoms with van der Waals surface area (Å²) in [5.41, 5.74) is 3.06. The van der Waals surface area contributed by atoms with Crippen LogP contribution in [0.4, 0.5) is 13.2 Å². The second-order valence-corrected chi connectivity index (χ2v) is 5.05. The SMILES string of the molecule is CC(N)(c1nc(-c2cccc(Br)c2)no1)C(F)(F)F. The third kappa shape index (κ3) is 2.64. The lowest BCUT2D eigenvalue weighted by Crippen LogP contribution is -2.47. The first-order valence-electron chi connectivity index (χ1n) is 5.17. The molecule has 0 saturated carbocycles. The normalized spacial score (nSPS) is 15.3. The number of aromatic nitrogens is 2. The molecular formula is C11H9BrF3N3O. The maximum absolute atomic E-state index is 12.7. The Bertz CT molecular complexity index is 595. The van der Waals surface area contributed by atoms with E-state index in [2.05, 4.69) is 30.6 Å². The molecular weight excluding hydrogens is 327 g/mol. The molecule has 0 aliphatic rings. The molecule has 1 aromatic carbocycles. The van der Waals surface area contributed by atoms with Crippen molar-refractivity contribution in [3.63, 3.8) is 0 Å². The van der Waals surface area contributed by atoms with Crippen molar-refractivity contribution < 1.29 is 17.7 Å². The first kappa shape index (κ1) is 14.0. The molecule has 8 heteroatoms. The Morgan fingerprint density at radius 1 is 1.32 bits per heavy atom. The fourth-order valence-electron chi connectivity index (χ4n) is 1.30. The van der Waals surface area contributed by atoms with Gasteiger partial charge in [-0.15, -0.1) is 0 Å². The van der Waals surface area contributed by atoms with Crippen LogP contribution in [0.3, 0.4) is 0 Å². The van der Waals surface area contributed by atoms with E-state index in [1.807, 2.05) is 0 Å². The average molecular weight is 336 g/mol. The molecule has 102 valence electrons. The molecule has 2 N–H and O–H groups in total. The molecule has 1 heterocycles. The molecule has 1 atom stereocenters. The fourth-order valence-corrected chi connectivity index (χ4v) is 1.70. The largest absolute Gasteiger partial charge is 0.415 e. The molecule has 0 bridgehead atoms. The Kier molecular flexibility index (Phi) is 3.40. The molecule has 0 aliphatic heterocycles. The molecule has 19 heavy (non-hydrogen) atoms. The summed E-state index contributed by atoms with van der Waals surface area (Å²) in [6.07, 6.45) is -4.67. The molecule has 2 rings (SSSR count). The Morgan fingerprint density at radius 2 is 2.00 bits per heavy atom. The summed E-state index contributed by atoms with van der Waals surface area (Å²) in [4.78, 5) is 3.72. The van der Waals surface area contributed by atoms with E-state index in [0.29, 0.717) is 5.56 Å². The fraction of sp³-hybridized carbons (Fsp3) is 0.273. The molecule has 1 aromatic heterocycles. The Hall–Kier alpha value is -1.41. The van der Waals surface area contributed by atoms with Gasteiger partial charge in [-0.3, -0.25) is 0 Å². The van der Waals surface area contributed by atoms with Gasteiger partial charge in [0.15, 0.2) is 5.54 Å². The van der Waals surface area contributed by atoms with E-state index in [9.17, 15) is 13.2 Å². The van der Waals surface area contributed by atoms with Crippen molar-refractivity contribution in [1.29, 1.82) is 0 Å². The molecule has 0 amide bonds. The van der Waals surface area contributed by atoms with Crippen LogP contribution in [0, 0.1) is 0 Å². The minimum absolute atomic E-state index is 0.0530. The molecule has 0 fully saturated rings. The molecule has 0 radical (unpaired) electrons. The lowest BCUT2D eigenvalue weighted by molar-refractivity contribution is -0.190. The maximum Gasteiger partial charge on any atom is 0.415 e. The summed E-state index contributed by atoms with van der Waals surface area (Å²) in [6.45, 7) is 0.783. The van der Waals surface area contributed by atoms with Gasteiger partial charge in [0.25, 0.3) is 5.89 Å². The predicted octanol–water partition coefficient (Wildman–Crippen LogP) is 3.24. The average Bonchev–Trinajstić information content (AvgIpc) is 2.77. The van der Waals surface area contributed by atoms with Gasteiger partial charge in [-0.1, -0.05) is 33.2 Å². The topological polar surface area (TPSA) is 64.9 Å². The van der Waals surface area contributed by atoms with Crippen LogP contribution in [0.25, 0.3) is 11.4 Å². The molecule has 2 aromatic rings. The number of alkyl halides is 3. The summed E-state index contributed by atoms with van der Waals surface area (Å²) < 4.78 is 43.6. The molecule has 1 unspecified atom stereocenters. The minimum Gasteiger partial charge on any atom is -0.337 e. The molecule has 4 nitrogen and oxygen atoms in total. The zero-order valence-corrected chi connectivity index (χ0v) is 11.3.